The fourth-order valence-corrected chi connectivity index (χ4v) is 2.88. The number of amidine groups is 1. The third kappa shape index (κ3) is 4.16. The number of nitrogens with zero attached hydrogens (tertiary/aromatic N) is 1. The van der Waals surface area contributed by atoms with Crippen LogP contribution in [0.1, 0.15) is 30.5 Å². The second kappa shape index (κ2) is 8.29. The molecule has 0 spiro atoms. The number of hydrogen-bond acceptors (Lipinski definition) is 1. The number of aryl methyl sites for hydroxylation is 2. The summed E-state index contributed by atoms with van der Waals surface area (Å²) in [5, 5.41) is 3.56. The van der Waals surface area contributed by atoms with E-state index in [2.05, 4.69) is 73.8 Å². The zero-order valence-corrected chi connectivity index (χ0v) is 14.9. The Kier molecular flexibility index (Phi) is 5.63. The van der Waals surface area contributed by atoms with Crippen molar-refractivity contribution in [2.75, 3.05) is 5.32 Å². The number of aliphatic imine (C=N–C) groups is 1. The Hall–Kier alpha value is -2.87. The summed E-state index contributed by atoms with van der Waals surface area (Å²) < 4.78 is 0. The standard InChI is InChI=1S/C23H24N2/c1-3-18-12-8-10-16-21(18)24-23(20-14-6-5-7-15-20)25-22-17-11-9-13-19(22)4-2/h5-17H,3-4H2,1-2H3,(H,24,25). The summed E-state index contributed by atoms with van der Waals surface area (Å²) in [6, 6.07) is 27.0. The van der Waals surface area contributed by atoms with Crippen LogP contribution in [0.3, 0.4) is 0 Å². The molecule has 0 fully saturated rings. The maximum absolute atomic E-state index is 4.98. The molecule has 3 aromatic rings. The van der Waals surface area contributed by atoms with E-state index in [-0.39, 0.29) is 0 Å². The maximum atomic E-state index is 4.98. The van der Waals surface area contributed by atoms with Gasteiger partial charge in [0.15, 0.2) is 0 Å². The van der Waals surface area contributed by atoms with Gasteiger partial charge < -0.3 is 5.32 Å². The summed E-state index contributed by atoms with van der Waals surface area (Å²) in [7, 11) is 0. The maximum Gasteiger partial charge on any atom is 0.138 e. The number of anilines is 1. The molecule has 0 aliphatic heterocycles. The average Bonchev–Trinajstić information content (AvgIpc) is 2.69. The molecule has 0 unspecified atom stereocenters. The first kappa shape index (κ1) is 17.0. The summed E-state index contributed by atoms with van der Waals surface area (Å²) in [6.45, 7) is 4.34. The molecule has 3 aromatic carbocycles. The number of rotatable bonds is 5. The summed E-state index contributed by atoms with van der Waals surface area (Å²) in [5.41, 5.74) is 5.75. The van der Waals surface area contributed by atoms with Gasteiger partial charge >= 0.3 is 0 Å². The molecule has 0 amide bonds. The molecular weight excluding hydrogens is 304 g/mol. The third-order valence-corrected chi connectivity index (χ3v) is 4.30. The van der Waals surface area contributed by atoms with Crippen LogP contribution in [-0.2, 0) is 12.8 Å². The van der Waals surface area contributed by atoms with Crippen molar-refractivity contribution < 1.29 is 0 Å². The predicted molar refractivity (Wildman–Crippen MR) is 108 cm³/mol. The lowest BCUT2D eigenvalue weighted by Gasteiger charge is -2.14. The van der Waals surface area contributed by atoms with Gasteiger partial charge in [-0.1, -0.05) is 80.6 Å². The van der Waals surface area contributed by atoms with Crippen LogP contribution in [0.15, 0.2) is 83.9 Å². The first-order valence-corrected chi connectivity index (χ1v) is 8.88. The van der Waals surface area contributed by atoms with Crippen LogP contribution in [0.4, 0.5) is 11.4 Å². The van der Waals surface area contributed by atoms with Crippen molar-refractivity contribution in [3.05, 3.63) is 95.6 Å². The van der Waals surface area contributed by atoms with E-state index in [1.807, 2.05) is 24.3 Å². The van der Waals surface area contributed by atoms with Crippen molar-refractivity contribution in [1.82, 2.24) is 0 Å². The summed E-state index contributed by atoms with van der Waals surface area (Å²) in [6.07, 6.45) is 1.95. The fraction of sp³-hybridized carbons (Fsp3) is 0.174. The number of benzene rings is 3. The van der Waals surface area contributed by atoms with Gasteiger partial charge in [-0.2, -0.15) is 0 Å². The highest BCUT2D eigenvalue weighted by Crippen LogP contribution is 2.23. The second-order valence-corrected chi connectivity index (χ2v) is 5.94. The Morgan fingerprint density at radius 3 is 2.04 bits per heavy atom. The molecule has 0 aromatic heterocycles. The van der Waals surface area contributed by atoms with Crippen LogP contribution < -0.4 is 5.32 Å². The van der Waals surface area contributed by atoms with E-state index >= 15 is 0 Å². The molecule has 1 N–H and O–H groups in total. The number of nitrogens with one attached hydrogen (secondary N) is 1. The van der Waals surface area contributed by atoms with Crippen molar-refractivity contribution >= 4 is 17.2 Å². The van der Waals surface area contributed by atoms with Gasteiger partial charge in [0, 0.05) is 11.3 Å². The van der Waals surface area contributed by atoms with Crippen LogP contribution in [0.5, 0.6) is 0 Å². The van der Waals surface area contributed by atoms with Crippen molar-refractivity contribution in [1.29, 1.82) is 0 Å². The molecule has 0 heterocycles. The Bertz CT molecular complexity index is 851. The van der Waals surface area contributed by atoms with Crippen LogP contribution in [0.2, 0.25) is 0 Å². The van der Waals surface area contributed by atoms with Gasteiger partial charge in [0.25, 0.3) is 0 Å². The van der Waals surface area contributed by atoms with Crippen LogP contribution >= 0.6 is 0 Å². The van der Waals surface area contributed by atoms with Crippen molar-refractivity contribution in [2.45, 2.75) is 26.7 Å². The summed E-state index contributed by atoms with van der Waals surface area (Å²) in [4.78, 5) is 4.98. The van der Waals surface area contributed by atoms with E-state index in [0.717, 1.165) is 35.6 Å². The molecular formula is C23H24N2. The molecule has 0 radical (unpaired) electrons. The number of para-hydroxylation sites is 2. The monoisotopic (exact) mass is 328 g/mol. The number of hydrogen-bond donors (Lipinski definition) is 1. The van der Waals surface area contributed by atoms with Gasteiger partial charge in [-0.3, -0.25) is 0 Å². The molecule has 0 aliphatic carbocycles. The van der Waals surface area contributed by atoms with Gasteiger partial charge in [-0.15, -0.1) is 0 Å². The smallest absolute Gasteiger partial charge is 0.138 e. The van der Waals surface area contributed by atoms with Gasteiger partial charge in [0.2, 0.25) is 0 Å². The van der Waals surface area contributed by atoms with Gasteiger partial charge in [0.05, 0.1) is 5.69 Å². The highest BCUT2D eigenvalue weighted by Gasteiger charge is 2.08. The van der Waals surface area contributed by atoms with Crippen molar-refractivity contribution in [3.63, 3.8) is 0 Å². The first-order valence-electron chi connectivity index (χ1n) is 8.88. The molecule has 0 bridgehead atoms. The van der Waals surface area contributed by atoms with Gasteiger partial charge in [0.1, 0.15) is 5.84 Å². The fourth-order valence-electron chi connectivity index (χ4n) is 2.88. The Labute approximate surface area is 150 Å². The first-order chi connectivity index (χ1) is 12.3. The molecule has 3 rings (SSSR count). The average molecular weight is 328 g/mol. The largest absolute Gasteiger partial charge is 0.339 e. The van der Waals surface area contributed by atoms with Gasteiger partial charge in [-0.05, 0) is 36.1 Å². The highest BCUT2D eigenvalue weighted by atomic mass is 15.0. The minimum Gasteiger partial charge on any atom is -0.339 e. The molecule has 2 heteroatoms. The van der Waals surface area contributed by atoms with Crippen LogP contribution in [0.25, 0.3) is 0 Å². The van der Waals surface area contributed by atoms with E-state index in [1.54, 1.807) is 0 Å². The molecule has 0 aliphatic rings. The quantitative estimate of drug-likeness (QED) is 0.451. The molecule has 0 saturated carbocycles. The van der Waals surface area contributed by atoms with E-state index < -0.39 is 0 Å². The minimum absolute atomic E-state index is 0.877. The molecule has 25 heavy (non-hydrogen) atoms. The lowest BCUT2D eigenvalue weighted by Crippen LogP contribution is -2.14. The third-order valence-electron chi connectivity index (χ3n) is 4.30. The molecule has 0 saturated heterocycles. The normalized spacial score (nSPS) is 11.4. The summed E-state index contributed by atoms with van der Waals surface area (Å²) in [5.74, 6) is 0.877. The highest BCUT2D eigenvalue weighted by molar-refractivity contribution is 6.09. The van der Waals surface area contributed by atoms with E-state index in [1.165, 1.54) is 11.1 Å². The molecule has 126 valence electrons. The Morgan fingerprint density at radius 1 is 0.720 bits per heavy atom. The summed E-state index contributed by atoms with van der Waals surface area (Å²) >= 11 is 0. The lowest BCUT2D eigenvalue weighted by atomic mass is 10.1. The van der Waals surface area contributed by atoms with E-state index in [4.69, 9.17) is 4.99 Å². The SMILES string of the molecule is CCc1ccccc1N=C(Nc1ccccc1CC)c1ccccc1. The van der Waals surface area contributed by atoms with Crippen LogP contribution in [0, 0.1) is 0 Å². The van der Waals surface area contributed by atoms with Gasteiger partial charge in [-0.25, -0.2) is 4.99 Å². The minimum atomic E-state index is 0.877. The second-order valence-electron chi connectivity index (χ2n) is 5.94. The predicted octanol–water partition coefficient (Wildman–Crippen LogP) is 6.00. The van der Waals surface area contributed by atoms with Crippen molar-refractivity contribution in [2.24, 2.45) is 4.99 Å². The van der Waals surface area contributed by atoms with E-state index in [9.17, 15) is 0 Å². The Balaban J connectivity index is 2.06. The lowest BCUT2D eigenvalue weighted by molar-refractivity contribution is 1.13. The van der Waals surface area contributed by atoms with Crippen molar-refractivity contribution in [3.8, 4) is 0 Å². The molecule has 0 atom stereocenters. The topological polar surface area (TPSA) is 24.4 Å². The zero-order valence-electron chi connectivity index (χ0n) is 14.9. The zero-order chi connectivity index (χ0) is 17.5. The molecule has 2 nitrogen and oxygen atoms in total. The van der Waals surface area contributed by atoms with E-state index in [0.29, 0.717) is 0 Å². The van der Waals surface area contributed by atoms with Crippen LogP contribution in [-0.4, -0.2) is 5.84 Å². The Morgan fingerprint density at radius 2 is 1.32 bits per heavy atom.